The highest BCUT2D eigenvalue weighted by atomic mass is 14.9. The summed E-state index contributed by atoms with van der Waals surface area (Å²) in [4.78, 5) is 0. The van der Waals surface area contributed by atoms with Crippen LogP contribution in [0.3, 0.4) is 0 Å². The zero-order valence-electron chi connectivity index (χ0n) is 11.1. The Morgan fingerprint density at radius 1 is 1.19 bits per heavy atom. The smallest absolute Gasteiger partial charge is 0.0354 e. The molecule has 0 radical (unpaired) electrons. The third-order valence-corrected chi connectivity index (χ3v) is 4.09. The highest BCUT2D eigenvalue weighted by molar-refractivity contribution is 5.46. The van der Waals surface area contributed by atoms with Gasteiger partial charge in [-0.15, -0.1) is 0 Å². The summed E-state index contributed by atoms with van der Waals surface area (Å²) in [7, 11) is 0. The van der Waals surface area contributed by atoms with Gasteiger partial charge in [0, 0.05) is 6.04 Å². The second-order valence-electron chi connectivity index (χ2n) is 5.27. The standard InChI is InChI=1S/C15H23N/c1-6-16-15-12(5)11(4)14-10(3)7-9(2)8-13(14)15/h7-8,11-12,15-16H,6H2,1-5H3. The average Bonchev–Trinajstić information content (AvgIpc) is 2.44. The lowest BCUT2D eigenvalue weighted by Crippen LogP contribution is -2.24. The molecule has 3 unspecified atom stereocenters. The van der Waals surface area contributed by atoms with Crippen molar-refractivity contribution in [2.45, 2.75) is 46.6 Å². The molecule has 1 aliphatic rings. The average molecular weight is 217 g/mol. The van der Waals surface area contributed by atoms with E-state index in [0.29, 0.717) is 17.9 Å². The molecule has 0 saturated heterocycles. The van der Waals surface area contributed by atoms with Crippen molar-refractivity contribution in [1.29, 1.82) is 0 Å². The Hall–Kier alpha value is -0.820. The summed E-state index contributed by atoms with van der Waals surface area (Å²) in [6.45, 7) is 12.4. The van der Waals surface area contributed by atoms with Crippen molar-refractivity contribution in [2.24, 2.45) is 5.92 Å². The van der Waals surface area contributed by atoms with Crippen LogP contribution < -0.4 is 5.32 Å². The Labute approximate surface area is 99.3 Å². The number of aryl methyl sites for hydroxylation is 2. The lowest BCUT2D eigenvalue weighted by molar-refractivity contribution is 0.386. The molecule has 0 bridgehead atoms. The van der Waals surface area contributed by atoms with Crippen LogP contribution in [-0.4, -0.2) is 6.54 Å². The molecule has 1 heteroatoms. The molecule has 16 heavy (non-hydrogen) atoms. The molecule has 0 amide bonds. The molecule has 1 nitrogen and oxygen atoms in total. The minimum Gasteiger partial charge on any atom is -0.310 e. The monoisotopic (exact) mass is 217 g/mol. The molecule has 0 fully saturated rings. The number of rotatable bonds is 2. The van der Waals surface area contributed by atoms with E-state index >= 15 is 0 Å². The van der Waals surface area contributed by atoms with Crippen molar-refractivity contribution in [3.8, 4) is 0 Å². The molecule has 0 aromatic heterocycles. The second kappa shape index (κ2) is 4.21. The van der Waals surface area contributed by atoms with Crippen LogP contribution in [0.4, 0.5) is 0 Å². The maximum absolute atomic E-state index is 3.64. The Morgan fingerprint density at radius 2 is 1.88 bits per heavy atom. The summed E-state index contributed by atoms with van der Waals surface area (Å²) in [5.74, 6) is 1.38. The Kier molecular flexibility index (Phi) is 3.07. The zero-order valence-corrected chi connectivity index (χ0v) is 11.1. The summed E-state index contributed by atoms with van der Waals surface area (Å²) < 4.78 is 0. The van der Waals surface area contributed by atoms with Gasteiger partial charge in [-0.3, -0.25) is 0 Å². The highest BCUT2D eigenvalue weighted by Crippen LogP contribution is 2.46. The Bertz CT molecular complexity index is 395. The number of nitrogens with one attached hydrogen (secondary N) is 1. The normalized spacial score (nSPS) is 28.2. The lowest BCUT2D eigenvalue weighted by Gasteiger charge is -2.19. The van der Waals surface area contributed by atoms with E-state index < -0.39 is 0 Å². The third-order valence-electron chi connectivity index (χ3n) is 4.09. The van der Waals surface area contributed by atoms with Crippen LogP contribution in [0.5, 0.6) is 0 Å². The van der Waals surface area contributed by atoms with Crippen molar-refractivity contribution >= 4 is 0 Å². The van der Waals surface area contributed by atoms with Gasteiger partial charge >= 0.3 is 0 Å². The summed E-state index contributed by atoms with van der Waals surface area (Å²) in [5, 5.41) is 3.64. The predicted molar refractivity (Wildman–Crippen MR) is 69.9 cm³/mol. The van der Waals surface area contributed by atoms with Gasteiger partial charge in [0.15, 0.2) is 0 Å². The number of hydrogen-bond donors (Lipinski definition) is 1. The first-order valence-corrected chi connectivity index (χ1v) is 6.40. The van der Waals surface area contributed by atoms with E-state index in [-0.39, 0.29) is 0 Å². The van der Waals surface area contributed by atoms with Gasteiger partial charge in [0.1, 0.15) is 0 Å². The minimum absolute atomic E-state index is 0.550. The van der Waals surface area contributed by atoms with Gasteiger partial charge in [-0.05, 0) is 48.9 Å². The van der Waals surface area contributed by atoms with Gasteiger partial charge in [-0.25, -0.2) is 0 Å². The largest absolute Gasteiger partial charge is 0.310 e. The molecule has 0 heterocycles. The molecule has 1 aromatic rings. The summed E-state index contributed by atoms with van der Waals surface area (Å²) in [6.07, 6.45) is 0. The molecule has 3 atom stereocenters. The van der Waals surface area contributed by atoms with Gasteiger partial charge < -0.3 is 5.32 Å². The molecular formula is C15H23N. The molecule has 2 rings (SSSR count). The topological polar surface area (TPSA) is 12.0 Å². The van der Waals surface area contributed by atoms with Crippen LogP contribution >= 0.6 is 0 Å². The van der Waals surface area contributed by atoms with E-state index in [1.54, 1.807) is 11.1 Å². The number of fused-ring (bicyclic) bond motifs is 1. The minimum atomic E-state index is 0.550. The van der Waals surface area contributed by atoms with E-state index in [1.165, 1.54) is 11.1 Å². The Balaban J connectivity index is 2.51. The van der Waals surface area contributed by atoms with E-state index in [0.717, 1.165) is 6.54 Å². The van der Waals surface area contributed by atoms with Gasteiger partial charge in [0.2, 0.25) is 0 Å². The third kappa shape index (κ3) is 1.67. The Morgan fingerprint density at radius 3 is 2.50 bits per heavy atom. The predicted octanol–water partition coefficient (Wildman–Crippen LogP) is 3.71. The van der Waals surface area contributed by atoms with Crippen LogP contribution in [0.25, 0.3) is 0 Å². The van der Waals surface area contributed by atoms with Gasteiger partial charge in [0.05, 0.1) is 0 Å². The molecule has 0 aliphatic heterocycles. The maximum Gasteiger partial charge on any atom is 0.0354 e. The van der Waals surface area contributed by atoms with Crippen molar-refractivity contribution < 1.29 is 0 Å². The fourth-order valence-corrected chi connectivity index (χ4v) is 3.24. The quantitative estimate of drug-likeness (QED) is 0.796. The SMILES string of the molecule is CCNC1c2cc(C)cc(C)c2C(C)C1C. The fraction of sp³-hybridized carbons (Fsp3) is 0.600. The molecule has 0 saturated carbocycles. The summed E-state index contributed by atoms with van der Waals surface area (Å²) in [6, 6.07) is 5.24. The summed E-state index contributed by atoms with van der Waals surface area (Å²) >= 11 is 0. The van der Waals surface area contributed by atoms with Crippen LogP contribution in [-0.2, 0) is 0 Å². The van der Waals surface area contributed by atoms with E-state index in [1.807, 2.05) is 0 Å². The number of hydrogen-bond acceptors (Lipinski definition) is 1. The fourth-order valence-electron chi connectivity index (χ4n) is 3.24. The van der Waals surface area contributed by atoms with Crippen LogP contribution in [0.2, 0.25) is 0 Å². The van der Waals surface area contributed by atoms with Crippen molar-refractivity contribution in [3.05, 3.63) is 34.4 Å². The second-order valence-corrected chi connectivity index (χ2v) is 5.27. The first kappa shape index (κ1) is 11.7. The first-order chi connectivity index (χ1) is 7.56. The van der Waals surface area contributed by atoms with E-state index in [4.69, 9.17) is 0 Å². The molecule has 88 valence electrons. The van der Waals surface area contributed by atoms with E-state index in [9.17, 15) is 0 Å². The van der Waals surface area contributed by atoms with Crippen molar-refractivity contribution in [2.75, 3.05) is 6.54 Å². The van der Waals surface area contributed by atoms with Gasteiger partial charge in [0.25, 0.3) is 0 Å². The van der Waals surface area contributed by atoms with Crippen molar-refractivity contribution in [3.63, 3.8) is 0 Å². The van der Waals surface area contributed by atoms with Crippen molar-refractivity contribution in [1.82, 2.24) is 5.32 Å². The zero-order chi connectivity index (χ0) is 11.9. The van der Waals surface area contributed by atoms with Gasteiger partial charge in [-0.1, -0.05) is 38.5 Å². The maximum atomic E-state index is 3.64. The van der Waals surface area contributed by atoms with Crippen LogP contribution in [0, 0.1) is 19.8 Å². The van der Waals surface area contributed by atoms with E-state index in [2.05, 4.69) is 52.1 Å². The first-order valence-electron chi connectivity index (χ1n) is 6.40. The van der Waals surface area contributed by atoms with Crippen LogP contribution in [0.15, 0.2) is 12.1 Å². The highest BCUT2D eigenvalue weighted by Gasteiger charge is 2.35. The molecule has 1 aliphatic carbocycles. The number of benzene rings is 1. The lowest BCUT2D eigenvalue weighted by atomic mass is 9.92. The molecule has 1 N–H and O–H groups in total. The molecule has 1 aromatic carbocycles. The molecule has 0 spiro atoms. The van der Waals surface area contributed by atoms with Gasteiger partial charge in [-0.2, -0.15) is 0 Å². The van der Waals surface area contributed by atoms with Crippen LogP contribution in [0.1, 0.15) is 55.0 Å². The molecular weight excluding hydrogens is 194 g/mol. The summed E-state index contributed by atoms with van der Waals surface area (Å²) in [5.41, 5.74) is 5.98.